The van der Waals surface area contributed by atoms with Crippen molar-refractivity contribution in [3.8, 4) is 0 Å². The smallest absolute Gasteiger partial charge is 0.329 e. The molecular weight excluding hydrogens is 476 g/mol. The van der Waals surface area contributed by atoms with Crippen molar-refractivity contribution in [3.63, 3.8) is 0 Å². The molecule has 1 atom stereocenters. The van der Waals surface area contributed by atoms with Crippen molar-refractivity contribution in [1.29, 1.82) is 0 Å². The lowest BCUT2D eigenvalue weighted by atomic mass is 10.1. The van der Waals surface area contributed by atoms with Crippen molar-refractivity contribution in [2.75, 3.05) is 5.32 Å². The number of amides is 2. The van der Waals surface area contributed by atoms with Gasteiger partial charge in [-0.15, -0.1) is 0 Å². The third-order valence-electron chi connectivity index (χ3n) is 5.23. The van der Waals surface area contributed by atoms with E-state index in [1.807, 2.05) is 37.3 Å². The molecule has 36 heavy (non-hydrogen) atoms. The molecular formula is C28H32N2O5S. The number of rotatable bonds is 8. The van der Waals surface area contributed by atoms with Gasteiger partial charge in [-0.3, -0.25) is 0 Å². The zero-order valence-corrected chi connectivity index (χ0v) is 21.8. The molecule has 0 saturated carbocycles. The van der Waals surface area contributed by atoms with Crippen LogP contribution in [-0.2, 0) is 31.5 Å². The molecule has 2 amide bonds. The van der Waals surface area contributed by atoms with Crippen LogP contribution in [0.5, 0.6) is 0 Å². The van der Waals surface area contributed by atoms with Crippen LogP contribution >= 0.6 is 0 Å². The Kier molecular flexibility index (Phi) is 8.53. The molecule has 3 aromatic carbocycles. The molecule has 0 saturated heterocycles. The monoisotopic (exact) mass is 508 g/mol. The summed E-state index contributed by atoms with van der Waals surface area (Å²) < 4.78 is 30.9. The minimum Gasteiger partial charge on any atom is -0.458 e. The molecule has 0 unspecified atom stereocenters. The minimum atomic E-state index is -3.49. The van der Waals surface area contributed by atoms with Crippen LogP contribution < -0.4 is 10.6 Å². The number of nitrogens with one attached hydrogen (secondary N) is 2. The average Bonchev–Trinajstić information content (AvgIpc) is 2.79. The highest BCUT2D eigenvalue weighted by Gasteiger charge is 2.27. The van der Waals surface area contributed by atoms with E-state index in [0.29, 0.717) is 11.3 Å². The molecule has 0 aliphatic carbocycles. The first kappa shape index (κ1) is 26.9. The van der Waals surface area contributed by atoms with Gasteiger partial charge in [0, 0.05) is 12.1 Å². The van der Waals surface area contributed by atoms with Gasteiger partial charge in [0.2, 0.25) is 0 Å². The second-order valence-electron chi connectivity index (χ2n) is 9.64. The zero-order chi connectivity index (χ0) is 26.3. The first-order chi connectivity index (χ1) is 16.9. The number of aryl methyl sites for hydroxylation is 1. The van der Waals surface area contributed by atoms with E-state index >= 15 is 0 Å². The molecule has 0 aliphatic heterocycles. The summed E-state index contributed by atoms with van der Waals surface area (Å²) in [5.41, 5.74) is 2.23. The maximum atomic E-state index is 12.7. The van der Waals surface area contributed by atoms with E-state index < -0.39 is 33.5 Å². The lowest BCUT2D eigenvalue weighted by Crippen LogP contribution is -2.47. The number of carbonyl (C=O) groups excluding carboxylic acids is 2. The maximum Gasteiger partial charge on any atom is 0.329 e. The van der Waals surface area contributed by atoms with Crippen molar-refractivity contribution in [2.24, 2.45) is 0 Å². The van der Waals surface area contributed by atoms with Crippen LogP contribution in [0.1, 0.15) is 37.5 Å². The first-order valence-corrected chi connectivity index (χ1v) is 13.3. The largest absolute Gasteiger partial charge is 0.458 e. The summed E-state index contributed by atoms with van der Waals surface area (Å²) in [5.74, 6) is -0.682. The second-order valence-corrected chi connectivity index (χ2v) is 11.6. The summed E-state index contributed by atoms with van der Waals surface area (Å²) in [7, 11) is -3.49. The summed E-state index contributed by atoms with van der Waals surface area (Å²) in [6.45, 7) is 7.21. The number of carbonyl (C=O) groups is 2. The van der Waals surface area contributed by atoms with E-state index in [1.54, 1.807) is 69.3 Å². The third kappa shape index (κ3) is 8.23. The van der Waals surface area contributed by atoms with Crippen molar-refractivity contribution in [1.82, 2.24) is 5.32 Å². The number of ether oxygens (including phenoxy) is 1. The standard InChI is InChI=1S/C28H32N2O5S/c1-20-10-16-24(17-11-20)36(33,34)19-22-12-14-23(15-13-22)29-27(32)30-25(26(31)35-28(2,3)4)18-21-8-6-5-7-9-21/h5-17,25H,18-19H2,1-4H3,(H2,29,30,32)/t25-/m1/s1. The fraction of sp³-hybridized carbons (Fsp3) is 0.286. The van der Waals surface area contributed by atoms with Gasteiger partial charge in [0.25, 0.3) is 0 Å². The topological polar surface area (TPSA) is 102 Å². The number of hydrogen-bond donors (Lipinski definition) is 2. The molecule has 8 heteroatoms. The van der Waals surface area contributed by atoms with Crippen LogP contribution in [0.3, 0.4) is 0 Å². The van der Waals surface area contributed by atoms with Crippen molar-refractivity contribution in [2.45, 2.75) is 56.4 Å². The van der Waals surface area contributed by atoms with Crippen LogP contribution in [0.2, 0.25) is 0 Å². The second kappa shape index (κ2) is 11.4. The average molecular weight is 509 g/mol. The summed E-state index contributed by atoms with van der Waals surface area (Å²) in [6.07, 6.45) is 0.277. The molecule has 0 aromatic heterocycles. The van der Waals surface area contributed by atoms with E-state index in [-0.39, 0.29) is 17.1 Å². The number of urea groups is 1. The first-order valence-electron chi connectivity index (χ1n) is 11.6. The number of anilines is 1. The van der Waals surface area contributed by atoms with Gasteiger partial charge in [-0.1, -0.05) is 60.2 Å². The van der Waals surface area contributed by atoms with Gasteiger partial charge < -0.3 is 15.4 Å². The maximum absolute atomic E-state index is 12.7. The van der Waals surface area contributed by atoms with Gasteiger partial charge in [-0.25, -0.2) is 18.0 Å². The fourth-order valence-electron chi connectivity index (χ4n) is 3.47. The molecule has 7 nitrogen and oxygen atoms in total. The molecule has 190 valence electrons. The van der Waals surface area contributed by atoms with Gasteiger partial charge in [0.05, 0.1) is 10.6 Å². The molecule has 0 heterocycles. The van der Waals surface area contributed by atoms with Gasteiger partial charge in [-0.2, -0.15) is 0 Å². The molecule has 3 aromatic rings. The van der Waals surface area contributed by atoms with Crippen LogP contribution in [0.25, 0.3) is 0 Å². The Morgan fingerprint density at radius 2 is 1.47 bits per heavy atom. The van der Waals surface area contributed by atoms with Gasteiger partial charge >= 0.3 is 12.0 Å². The molecule has 0 spiro atoms. The molecule has 0 radical (unpaired) electrons. The van der Waals surface area contributed by atoms with Crippen LogP contribution in [-0.4, -0.2) is 32.1 Å². The Bertz CT molecular complexity index is 1280. The quantitative estimate of drug-likeness (QED) is 0.415. The highest BCUT2D eigenvalue weighted by Crippen LogP contribution is 2.19. The molecule has 0 fully saturated rings. The Hall–Kier alpha value is -3.65. The predicted molar refractivity (Wildman–Crippen MR) is 140 cm³/mol. The molecule has 0 bridgehead atoms. The number of benzene rings is 3. The summed E-state index contributed by atoms with van der Waals surface area (Å²) in [6, 6.07) is 21.2. The van der Waals surface area contributed by atoms with Crippen LogP contribution in [0, 0.1) is 6.92 Å². The summed E-state index contributed by atoms with van der Waals surface area (Å²) >= 11 is 0. The lowest BCUT2D eigenvalue weighted by molar-refractivity contribution is -0.157. The Balaban J connectivity index is 1.65. The third-order valence-corrected chi connectivity index (χ3v) is 6.93. The Morgan fingerprint density at radius 3 is 2.06 bits per heavy atom. The summed E-state index contributed by atoms with van der Waals surface area (Å²) in [4.78, 5) is 25.7. The Morgan fingerprint density at radius 1 is 0.861 bits per heavy atom. The van der Waals surface area contributed by atoms with E-state index in [0.717, 1.165) is 11.1 Å². The van der Waals surface area contributed by atoms with Crippen molar-refractivity contribution < 1.29 is 22.7 Å². The Labute approximate surface area is 212 Å². The minimum absolute atomic E-state index is 0.152. The van der Waals surface area contributed by atoms with E-state index in [1.165, 1.54) is 0 Å². The van der Waals surface area contributed by atoms with Crippen LogP contribution in [0.15, 0.2) is 83.8 Å². The SMILES string of the molecule is Cc1ccc(S(=O)(=O)Cc2ccc(NC(=O)N[C@H](Cc3ccccc3)C(=O)OC(C)(C)C)cc2)cc1. The molecule has 0 aliphatic rings. The van der Waals surface area contributed by atoms with Gasteiger partial charge in [0.1, 0.15) is 11.6 Å². The van der Waals surface area contributed by atoms with E-state index in [9.17, 15) is 18.0 Å². The van der Waals surface area contributed by atoms with Crippen molar-refractivity contribution >= 4 is 27.5 Å². The zero-order valence-electron chi connectivity index (χ0n) is 20.9. The van der Waals surface area contributed by atoms with Crippen molar-refractivity contribution in [3.05, 3.63) is 95.6 Å². The fourth-order valence-corrected chi connectivity index (χ4v) is 4.82. The number of hydrogen-bond acceptors (Lipinski definition) is 5. The van der Waals surface area contributed by atoms with Crippen LogP contribution in [0.4, 0.5) is 10.5 Å². The van der Waals surface area contributed by atoms with E-state index in [2.05, 4.69) is 10.6 Å². The normalized spacial score (nSPS) is 12.4. The number of esters is 1. The lowest BCUT2D eigenvalue weighted by Gasteiger charge is -2.24. The predicted octanol–water partition coefficient (Wildman–Crippen LogP) is 5.04. The van der Waals surface area contributed by atoms with Gasteiger partial charge in [-0.05, 0) is 63.1 Å². The van der Waals surface area contributed by atoms with Gasteiger partial charge in [0.15, 0.2) is 9.84 Å². The molecule has 3 rings (SSSR count). The highest BCUT2D eigenvalue weighted by atomic mass is 32.2. The van der Waals surface area contributed by atoms with E-state index in [4.69, 9.17) is 4.74 Å². The number of sulfone groups is 1. The summed E-state index contributed by atoms with van der Waals surface area (Å²) in [5, 5.41) is 5.39. The highest BCUT2D eigenvalue weighted by molar-refractivity contribution is 7.90. The molecule has 2 N–H and O–H groups in total.